The molecule has 0 spiro atoms. The summed E-state index contributed by atoms with van der Waals surface area (Å²) in [5.74, 6) is 0.145. The van der Waals surface area contributed by atoms with E-state index in [0.29, 0.717) is 65.9 Å². The Balaban J connectivity index is 1.16. The van der Waals surface area contributed by atoms with E-state index >= 15 is 0 Å². The largest absolute Gasteiger partial charge is 0.476 e. The van der Waals surface area contributed by atoms with Gasteiger partial charge in [0.2, 0.25) is 11.8 Å². The van der Waals surface area contributed by atoms with Gasteiger partial charge in [0.1, 0.15) is 6.33 Å². The number of alkyl halides is 3. The summed E-state index contributed by atoms with van der Waals surface area (Å²) in [4.78, 5) is 39.7. The van der Waals surface area contributed by atoms with E-state index in [4.69, 9.17) is 9.47 Å². The first kappa shape index (κ1) is 36.3. The van der Waals surface area contributed by atoms with Gasteiger partial charge in [0.05, 0.1) is 18.8 Å². The number of unbranched alkanes of at least 4 members (excludes halogenated alkanes) is 1. The Morgan fingerprint density at radius 2 is 1.48 bits per heavy atom. The summed E-state index contributed by atoms with van der Waals surface area (Å²) >= 11 is 0. The van der Waals surface area contributed by atoms with Crippen molar-refractivity contribution in [2.45, 2.75) is 51.7 Å². The number of likely N-dealkylation sites (tertiary alicyclic amines) is 1. The highest BCUT2D eigenvalue weighted by atomic mass is 19.4. The molecule has 0 radical (unpaired) electrons. The number of ether oxygens (including phenoxy) is 2. The molecule has 4 aromatic rings. The lowest BCUT2D eigenvalue weighted by Crippen LogP contribution is -2.45. The zero-order valence-electron chi connectivity index (χ0n) is 28.3. The molecule has 1 fully saturated rings. The number of hydrogen-bond acceptors (Lipinski definition) is 7. The lowest BCUT2D eigenvalue weighted by molar-refractivity contribution is -0.137. The smallest absolute Gasteiger partial charge is 0.416 e. The van der Waals surface area contributed by atoms with Gasteiger partial charge in [-0.2, -0.15) is 23.1 Å². The van der Waals surface area contributed by atoms with Crippen molar-refractivity contribution in [2.24, 2.45) is 0 Å². The predicted octanol–water partition coefficient (Wildman–Crippen LogP) is 7.28. The van der Waals surface area contributed by atoms with Crippen molar-refractivity contribution in [3.8, 4) is 22.9 Å². The number of hydrogen-bond donors (Lipinski definition) is 1. The molecule has 1 aromatic heterocycles. The van der Waals surface area contributed by atoms with E-state index < -0.39 is 11.7 Å². The average molecular weight is 690 g/mol. The molecule has 9 nitrogen and oxygen atoms in total. The average Bonchev–Trinajstić information content (AvgIpc) is 3.13. The van der Waals surface area contributed by atoms with Gasteiger partial charge < -0.3 is 19.7 Å². The predicted molar refractivity (Wildman–Crippen MR) is 186 cm³/mol. The molecular formula is C38H42F3N5O4. The molecule has 2 heterocycles. The van der Waals surface area contributed by atoms with Gasteiger partial charge in [0.15, 0.2) is 5.69 Å². The standard InChI is InChI=1S/C38H42F3N5O4/c1-3-49-35-33(36(50-4-2)43-26-42-35)46(37(48)28-12-6-5-7-13-28)23-11-10-22-45-24-20-30(21-25-45)44-34(47)32-15-9-8-14-31(32)27-16-18-29(19-17-27)38(39,40)41/h5-9,12-19,26,30H,3-4,10-11,20-25H2,1-2H3,(H,44,47). The summed E-state index contributed by atoms with van der Waals surface area (Å²) in [5, 5.41) is 3.14. The van der Waals surface area contributed by atoms with Crippen LogP contribution in [0.5, 0.6) is 11.8 Å². The molecule has 1 saturated heterocycles. The molecule has 5 rings (SSSR count). The van der Waals surface area contributed by atoms with Gasteiger partial charge in [-0.1, -0.05) is 48.5 Å². The van der Waals surface area contributed by atoms with Crippen LogP contribution in [0.4, 0.5) is 18.9 Å². The van der Waals surface area contributed by atoms with Gasteiger partial charge in [-0.3, -0.25) is 14.5 Å². The monoisotopic (exact) mass is 689 g/mol. The van der Waals surface area contributed by atoms with Crippen molar-refractivity contribution < 1.29 is 32.2 Å². The second kappa shape index (κ2) is 17.1. The fourth-order valence-electron chi connectivity index (χ4n) is 6.06. The van der Waals surface area contributed by atoms with E-state index in [1.165, 1.54) is 18.5 Å². The Morgan fingerprint density at radius 3 is 2.10 bits per heavy atom. The molecule has 0 unspecified atom stereocenters. The van der Waals surface area contributed by atoms with Crippen LogP contribution in [-0.4, -0.2) is 72.1 Å². The van der Waals surface area contributed by atoms with Crippen molar-refractivity contribution >= 4 is 17.5 Å². The molecule has 1 N–H and O–H groups in total. The van der Waals surface area contributed by atoms with Crippen LogP contribution in [0.3, 0.4) is 0 Å². The van der Waals surface area contributed by atoms with Crippen LogP contribution in [0.25, 0.3) is 11.1 Å². The first-order chi connectivity index (χ1) is 24.2. The zero-order valence-corrected chi connectivity index (χ0v) is 28.3. The highest BCUT2D eigenvalue weighted by Gasteiger charge is 2.31. The number of benzene rings is 3. The second-order valence-corrected chi connectivity index (χ2v) is 11.9. The fraction of sp³-hybridized carbons (Fsp3) is 0.368. The molecule has 1 aliphatic heterocycles. The van der Waals surface area contributed by atoms with E-state index in [1.54, 1.807) is 41.3 Å². The molecule has 0 atom stereocenters. The maximum absolute atomic E-state index is 13.8. The van der Waals surface area contributed by atoms with Crippen LogP contribution < -0.4 is 19.7 Å². The van der Waals surface area contributed by atoms with Crippen molar-refractivity contribution in [2.75, 3.05) is 44.3 Å². The molecule has 50 heavy (non-hydrogen) atoms. The molecule has 2 amide bonds. The van der Waals surface area contributed by atoms with Crippen LogP contribution in [0.1, 0.15) is 65.8 Å². The molecule has 3 aromatic carbocycles. The molecular weight excluding hydrogens is 647 g/mol. The Labute approximate surface area is 290 Å². The number of halogens is 3. The summed E-state index contributed by atoms with van der Waals surface area (Å²) in [7, 11) is 0. The zero-order chi connectivity index (χ0) is 35.5. The maximum Gasteiger partial charge on any atom is 0.416 e. The highest BCUT2D eigenvalue weighted by molar-refractivity contribution is 6.07. The Morgan fingerprint density at radius 1 is 0.860 bits per heavy atom. The van der Waals surface area contributed by atoms with Crippen LogP contribution >= 0.6 is 0 Å². The first-order valence-electron chi connectivity index (χ1n) is 17.0. The van der Waals surface area contributed by atoms with Gasteiger partial charge in [-0.15, -0.1) is 0 Å². The van der Waals surface area contributed by atoms with Gasteiger partial charge in [0, 0.05) is 36.8 Å². The summed E-state index contributed by atoms with van der Waals surface area (Å²) in [5.41, 5.74) is 1.78. The molecule has 1 aliphatic rings. The van der Waals surface area contributed by atoms with Crippen molar-refractivity contribution in [3.05, 3.63) is 102 Å². The Kier molecular flexibility index (Phi) is 12.4. The molecule has 12 heteroatoms. The number of nitrogens with one attached hydrogen (secondary N) is 1. The van der Waals surface area contributed by atoms with E-state index in [2.05, 4.69) is 20.2 Å². The van der Waals surface area contributed by atoms with Crippen molar-refractivity contribution in [1.82, 2.24) is 20.2 Å². The number of aromatic nitrogens is 2. The minimum Gasteiger partial charge on any atom is -0.476 e. The summed E-state index contributed by atoms with van der Waals surface area (Å²) in [6, 6.07) is 20.8. The number of anilines is 1. The van der Waals surface area contributed by atoms with Gasteiger partial charge in [-0.25, -0.2) is 0 Å². The third-order valence-corrected chi connectivity index (χ3v) is 8.58. The lowest BCUT2D eigenvalue weighted by atomic mass is 9.97. The Hall–Kier alpha value is -4.97. The quantitative estimate of drug-likeness (QED) is 0.139. The second-order valence-electron chi connectivity index (χ2n) is 11.9. The maximum atomic E-state index is 13.8. The molecule has 0 bridgehead atoms. The summed E-state index contributed by atoms with van der Waals surface area (Å²) < 4.78 is 50.8. The normalized spacial score (nSPS) is 13.9. The topological polar surface area (TPSA) is 96.9 Å². The highest BCUT2D eigenvalue weighted by Crippen LogP contribution is 2.36. The van der Waals surface area contributed by atoms with Crippen LogP contribution in [0.15, 0.2) is 85.2 Å². The fourth-order valence-corrected chi connectivity index (χ4v) is 6.06. The summed E-state index contributed by atoms with van der Waals surface area (Å²) in [6.45, 7) is 7.27. The lowest BCUT2D eigenvalue weighted by Gasteiger charge is -2.32. The molecule has 0 aliphatic carbocycles. The summed E-state index contributed by atoms with van der Waals surface area (Å²) in [6.07, 6.45) is 0.0207. The number of piperidine rings is 1. The number of carbonyl (C=O) groups excluding carboxylic acids is 2. The van der Waals surface area contributed by atoms with Gasteiger partial charge in [-0.05, 0) is 87.5 Å². The minimum atomic E-state index is -4.43. The van der Waals surface area contributed by atoms with E-state index in [-0.39, 0.29) is 17.9 Å². The number of carbonyl (C=O) groups is 2. The third kappa shape index (κ3) is 9.17. The van der Waals surface area contributed by atoms with Gasteiger partial charge in [0.25, 0.3) is 11.8 Å². The van der Waals surface area contributed by atoms with E-state index in [0.717, 1.165) is 51.0 Å². The van der Waals surface area contributed by atoms with E-state index in [1.807, 2.05) is 32.0 Å². The molecule has 0 saturated carbocycles. The number of rotatable bonds is 14. The number of amides is 2. The number of nitrogens with zero attached hydrogens (tertiary/aromatic N) is 4. The SMILES string of the molecule is CCOc1ncnc(OCC)c1N(CCCCN1CCC(NC(=O)c2ccccc2-c2ccc(C(F)(F)F)cc2)CC1)C(=O)c1ccccc1. The third-order valence-electron chi connectivity index (χ3n) is 8.58. The van der Waals surface area contributed by atoms with Gasteiger partial charge >= 0.3 is 6.18 Å². The Bertz CT molecular complexity index is 1690. The molecule has 264 valence electrons. The van der Waals surface area contributed by atoms with Crippen molar-refractivity contribution in [1.29, 1.82) is 0 Å². The minimum absolute atomic E-state index is 0.0227. The van der Waals surface area contributed by atoms with Crippen LogP contribution in [0.2, 0.25) is 0 Å². The van der Waals surface area contributed by atoms with E-state index in [9.17, 15) is 22.8 Å². The van der Waals surface area contributed by atoms with Crippen molar-refractivity contribution in [3.63, 3.8) is 0 Å². The van der Waals surface area contributed by atoms with Crippen LogP contribution in [0, 0.1) is 0 Å². The first-order valence-corrected chi connectivity index (χ1v) is 17.0. The van der Waals surface area contributed by atoms with Crippen LogP contribution in [-0.2, 0) is 6.18 Å².